The number of benzene rings is 3. The highest BCUT2D eigenvalue weighted by Crippen LogP contribution is 2.32. The summed E-state index contributed by atoms with van der Waals surface area (Å²) < 4.78 is 12.9. The standard InChI is InChI=1S/C26H22ClN3O3/c1-32-21-9-10-23-18(13-21)11-12-30-24(23)15-25(29-26(30)31)28-16-17-5-7-20(8-6-17)33-22-4-2-3-19(27)14-22/h2-10,13-15H,11-12,16H2,1H3,(H,28,29,31). The Morgan fingerprint density at radius 1 is 1.00 bits per heavy atom. The molecule has 33 heavy (non-hydrogen) atoms. The van der Waals surface area contributed by atoms with Crippen LogP contribution in [0, 0.1) is 0 Å². The SMILES string of the molecule is COc1ccc2c(c1)CCn1c-2cc(NCc2ccc(Oc3cccc(Cl)c3)cc2)nc1=O. The lowest BCUT2D eigenvalue weighted by Gasteiger charge is -2.22. The number of aryl methyl sites for hydroxylation is 1. The zero-order valence-electron chi connectivity index (χ0n) is 18.0. The molecule has 166 valence electrons. The number of anilines is 1. The van der Waals surface area contributed by atoms with E-state index in [0.717, 1.165) is 34.7 Å². The Labute approximate surface area is 196 Å². The molecule has 1 aliphatic rings. The molecule has 1 aromatic heterocycles. The molecule has 1 N–H and O–H groups in total. The third-order valence-electron chi connectivity index (χ3n) is 5.63. The molecule has 2 heterocycles. The second-order valence-electron chi connectivity index (χ2n) is 7.79. The highest BCUT2D eigenvalue weighted by atomic mass is 35.5. The van der Waals surface area contributed by atoms with Gasteiger partial charge in [0.2, 0.25) is 0 Å². The maximum Gasteiger partial charge on any atom is 0.349 e. The minimum absolute atomic E-state index is 0.248. The van der Waals surface area contributed by atoms with E-state index in [1.54, 1.807) is 23.8 Å². The van der Waals surface area contributed by atoms with Gasteiger partial charge in [-0.1, -0.05) is 29.8 Å². The molecule has 6 nitrogen and oxygen atoms in total. The number of aromatic nitrogens is 2. The van der Waals surface area contributed by atoms with Crippen LogP contribution in [0.3, 0.4) is 0 Å². The normalized spacial score (nSPS) is 11.9. The van der Waals surface area contributed by atoms with Crippen LogP contribution in [-0.4, -0.2) is 16.7 Å². The predicted octanol–water partition coefficient (Wildman–Crippen LogP) is 5.53. The monoisotopic (exact) mass is 459 g/mol. The number of halogens is 1. The first-order valence-electron chi connectivity index (χ1n) is 10.6. The molecule has 0 atom stereocenters. The van der Waals surface area contributed by atoms with Gasteiger partial charge >= 0.3 is 5.69 Å². The molecule has 0 bridgehead atoms. The Morgan fingerprint density at radius 2 is 1.82 bits per heavy atom. The van der Waals surface area contributed by atoms with E-state index in [1.807, 2.05) is 60.7 Å². The average molecular weight is 460 g/mol. The lowest BCUT2D eigenvalue weighted by molar-refractivity contribution is 0.414. The molecule has 3 aromatic carbocycles. The van der Waals surface area contributed by atoms with Gasteiger partial charge in [-0.25, -0.2) is 4.79 Å². The van der Waals surface area contributed by atoms with E-state index in [1.165, 1.54) is 5.56 Å². The van der Waals surface area contributed by atoms with Gasteiger partial charge in [-0.2, -0.15) is 4.98 Å². The minimum atomic E-state index is -0.248. The molecule has 0 aliphatic carbocycles. The maximum atomic E-state index is 12.6. The van der Waals surface area contributed by atoms with Crippen LogP contribution in [0.25, 0.3) is 11.3 Å². The first kappa shape index (κ1) is 21.1. The van der Waals surface area contributed by atoms with E-state index in [4.69, 9.17) is 21.1 Å². The third-order valence-corrected chi connectivity index (χ3v) is 5.87. The Morgan fingerprint density at radius 3 is 2.61 bits per heavy atom. The second kappa shape index (κ2) is 9.00. The Bertz CT molecular complexity index is 1370. The van der Waals surface area contributed by atoms with Gasteiger partial charge in [0.15, 0.2) is 0 Å². The van der Waals surface area contributed by atoms with E-state index in [2.05, 4.69) is 10.3 Å². The largest absolute Gasteiger partial charge is 0.497 e. The van der Waals surface area contributed by atoms with E-state index in [-0.39, 0.29) is 5.69 Å². The number of ether oxygens (including phenoxy) is 2. The Hall–Kier alpha value is -3.77. The number of nitrogens with one attached hydrogen (secondary N) is 1. The summed E-state index contributed by atoms with van der Waals surface area (Å²) in [5, 5.41) is 3.90. The van der Waals surface area contributed by atoms with Gasteiger partial charge in [0, 0.05) is 29.7 Å². The number of hydrogen-bond acceptors (Lipinski definition) is 5. The van der Waals surface area contributed by atoms with Crippen LogP contribution < -0.4 is 20.5 Å². The van der Waals surface area contributed by atoms with Crippen LogP contribution >= 0.6 is 11.6 Å². The molecule has 1 aliphatic heterocycles. The Balaban J connectivity index is 1.31. The van der Waals surface area contributed by atoms with Crippen LogP contribution in [0.15, 0.2) is 77.6 Å². The van der Waals surface area contributed by atoms with Crippen molar-refractivity contribution in [2.45, 2.75) is 19.5 Å². The van der Waals surface area contributed by atoms with Crippen LogP contribution in [0.2, 0.25) is 5.02 Å². The van der Waals surface area contributed by atoms with Gasteiger partial charge in [0.05, 0.1) is 12.8 Å². The number of rotatable bonds is 6. The molecule has 0 amide bonds. The Kier molecular flexibility index (Phi) is 5.75. The average Bonchev–Trinajstić information content (AvgIpc) is 2.83. The van der Waals surface area contributed by atoms with Crippen molar-refractivity contribution in [1.29, 1.82) is 0 Å². The maximum absolute atomic E-state index is 12.6. The van der Waals surface area contributed by atoms with Gasteiger partial charge in [0.25, 0.3) is 0 Å². The summed E-state index contributed by atoms with van der Waals surface area (Å²) in [5.41, 5.74) is 3.86. The van der Waals surface area contributed by atoms with Crippen molar-refractivity contribution in [3.05, 3.63) is 99.4 Å². The number of methoxy groups -OCH3 is 1. The van der Waals surface area contributed by atoms with Crippen molar-refractivity contribution < 1.29 is 9.47 Å². The molecule has 0 saturated carbocycles. The molecule has 0 saturated heterocycles. The van der Waals surface area contributed by atoms with Crippen molar-refractivity contribution >= 4 is 17.4 Å². The van der Waals surface area contributed by atoms with Crippen LogP contribution in [0.4, 0.5) is 5.82 Å². The summed E-state index contributed by atoms with van der Waals surface area (Å²) in [6.07, 6.45) is 0.775. The zero-order chi connectivity index (χ0) is 22.8. The van der Waals surface area contributed by atoms with Crippen LogP contribution in [0.5, 0.6) is 17.2 Å². The summed E-state index contributed by atoms with van der Waals surface area (Å²) >= 11 is 6.01. The van der Waals surface area contributed by atoms with Crippen molar-refractivity contribution in [2.75, 3.05) is 12.4 Å². The summed E-state index contributed by atoms with van der Waals surface area (Å²) in [6, 6.07) is 22.9. The molecule has 0 radical (unpaired) electrons. The highest BCUT2D eigenvalue weighted by molar-refractivity contribution is 6.30. The van der Waals surface area contributed by atoms with Gasteiger partial charge in [-0.05, 0) is 66.1 Å². The van der Waals surface area contributed by atoms with Gasteiger partial charge < -0.3 is 14.8 Å². The molecule has 5 rings (SSSR count). The van der Waals surface area contributed by atoms with E-state index >= 15 is 0 Å². The quantitative estimate of drug-likeness (QED) is 0.410. The smallest absolute Gasteiger partial charge is 0.349 e. The lowest BCUT2D eigenvalue weighted by Crippen LogP contribution is -2.29. The fourth-order valence-corrected chi connectivity index (χ4v) is 4.14. The molecule has 7 heteroatoms. The molecule has 0 spiro atoms. The van der Waals surface area contributed by atoms with Crippen LogP contribution in [0.1, 0.15) is 11.1 Å². The summed E-state index contributed by atoms with van der Waals surface area (Å²) in [6.45, 7) is 1.14. The zero-order valence-corrected chi connectivity index (χ0v) is 18.8. The summed E-state index contributed by atoms with van der Waals surface area (Å²) in [5.74, 6) is 2.78. The first-order valence-corrected chi connectivity index (χ1v) is 11.0. The summed E-state index contributed by atoms with van der Waals surface area (Å²) in [7, 11) is 1.66. The highest BCUT2D eigenvalue weighted by Gasteiger charge is 2.19. The lowest BCUT2D eigenvalue weighted by atomic mass is 9.97. The van der Waals surface area contributed by atoms with Crippen molar-refractivity contribution in [2.24, 2.45) is 0 Å². The van der Waals surface area contributed by atoms with Crippen molar-refractivity contribution in [3.8, 4) is 28.5 Å². The number of nitrogens with zero attached hydrogens (tertiary/aromatic N) is 2. The van der Waals surface area contributed by atoms with Gasteiger partial charge in [-0.15, -0.1) is 0 Å². The van der Waals surface area contributed by atoms with Gasteiger partial charge in [-0.3, -0.25) is 4.57 Å². The molecule has 0 fully saturated rings. The molecular formula is C26H22ClN3O3. The number of hydrogen-bond donors (Lipinski definition) is 1. The minimum Gasteiger partial charge on any atom is -0.497 e. The fraction of sp³-hybridized carbons (Fsp3) is 0.154. The van der Waals surface area contributed by atoms with E-state index in [0.29, 0.717) is 29.7 Å². The van der Waals surface area contributed by atoms with Crippen molar-refractivity contribution in [3.63, 3.8) is 0 Å². The summed E-state index contributed by atoms with van der Waals surface area (Å²) in [4.78, 5) is 16.9. The van der Waals surface area contributed by atoms with Crippen molar-refractivity contribution in [1.82, 2.24) is 9.55 Å². The first-order chi connectivity index (χ1) is 16.1. The van der Waals surface area contributed by atoms with Crippen LogP contribution in [-0.2, 0) is 19.5 Å². The predicted molar refractivity (Wildman–Crippen MR) is 129 cm³/mol. The molecular weight excluding hydrogens is 438 g/mol. The van der Waals surface area contributed by atoms with E-state index < -0.39 is 0 Å². The van der Waals surface area contributed by atoms with E-state index in [9.17, 15) is 4.79 Å². The third kappa shape index (κ3) is 4.56. The molecule has 4 aromatic rings. The van der Waals surface area contributed by atoms with Gasteiger partial charge in [0.1, 0.15) is 23.1 Å². The second-order valence-corrected chi connectivity index (χ2v) is 8.23. The molecule has 0 unspecified atom stereocenters. The topological polar surface area (TPSA) is 65.4 Å². The number of fused-ring (bicyclic) bond motifs is 3. The fourth-order valence-electron chi connectivity index (χ4n) is 3.96.